The molecule has 0 amide bonds. The Labute approximate surface area is 190 Å². The van der Waals surface area contributed by atoms with Gasteiger partial charge in [-0.2, -0.15) is 0 Å². The molecule has 0 radical (unpaired) electrons. The zero-order valence-electron chi connectivity index (χ0n) is 18.2. The topological polar surface area (TPSA) is 24.8 Å². The number of aliphatic imine (C=N–C) groups is 1. The predicted molar refractivity (Wildman–Crippen MR) is 131 cm³/mol. The molecular formula is C29H28N2O. The molecule has 1 fully saturated rings. The van der Waals surface area contributed by atoms with Gasteiger partial charge in [-0.25, -0.2) is 4.99 Å². The molecule has 3 aromatic carbocycles. The first kappa shape index (κ1) is 20.5. The fraction of sp³-hybridized carbons (Fsp3) is 0.207. The Morgan fingerprint density at radius 1 is 0.688 bits per heavy atom. The minimum absolute atomic E-state index is 0.454. The third-order valence-corrected chi connectivity index (χ3v) is 6.38. The van der Waals surface area contributed by atoms with Gasteiger partial charge in [0.05, 0.1) is 18.6 Å². The highest BCUT2D eigenvalue weighted by molar-refractivity contribution is 5.85. The number of morpholine rings is 1. The van der Waals surface area contributed by atoms with Gasteiger partial charge in [0, 0.05) is 25.7 Å². The van der Waals surface area contributed by atoms with E-state index in [1.165, 1.54) is 22.3 Å². The molecule has 2 aliphatic rings. The molecule has 0 bridgehead atoms. The normalized spacial score (nSPS) is 16.8. The second-order valence-corrected chi connectivity index (χ2v) is 8.18. The maximum Gasteiger partial charge on any atom is 0.108 e. The molecule has 0 spiro atoms. The van der Waals surface area contributed by atoms with Crippen molar-refractivity contribution >= 4 is 5.84 Å². The van der Waals surface area contributed by atoms with Crippen molar-refractivity contribution in [2.45, 2.75) is 11.8 Å². The molecule has 1 saturated heterocycles. The van der Waals surface area contributed by atoms with Crippen LogP contribution in [0.3, 0.4) is 0 Å². The summed E-state index contributed by atoms with van der Waals surface area (Å²) in [6, 6.07) is 32.4. The van der Waals surface area contributed by atoms with Crippen molar-refractivity contribution in [2.24, 2.45) is 4.99 Å². The molecule has 0 unspecified atom stereocenters. The zero-order valence-corrected chi connectivity index (χ0v) is 18.2. The molecule has 32 heavy (non-hydrogen) atoms. The molecule has 0 aromatic heterocycles. The van der Waals surface area contributed by atoms with E-state index >= 15 is 0 Å². The summed E-state index contributed by atoms with van der Waals surface area (Å²) < 4.78 is 5.54. The Balaban J connectivity index is 1.73. The largest absolute Gasteiger partial charge is 0.378 e. The lowest BCUT2D eigenvalue weighted by Gasteiger charge is -2.37. The van der Waals surface area contributed by atoms with Crippen LogP contribution in [0.4, 0.5) is 0 Å². The molecule has 2 heterocycles. The average Bonchev–Trinajstić information content (AvgIpc) is 3.14. The van der Waals surface area contributed by atoms with E-state index in [-0.39, 0.29) is 0 Å². The highest BCUT2D eigenvalue weighted by Crippen LogP contribution is 2.46. The van der Waals surface area contributed by atoms with Crippen molar-refractivity contribution < 1.29 is 4.74 Å². The molecule has 160 valence electrons. The first-order valence-electron chi connectivity index (χ1n) is 11.3. The summed E-state index contributed by atoms with van der Waals surface area (Å²) in [5.41, 5.74) is 4.42. The Hall–Kier alpha value is -3.43. The SMILES string of the molecule is C1=CC(C(c2ccccc2)(c2ccccc2)c2ccccc2)=CN=C(N2CCOCC2)C1. The maximum atomic E-state index is 5.54. The fourth-order valence-corrected chi connectivity index (χ4v) is 4.85. The fourth-order valence-electron chi connectivity index (χ4n) is 4.85. The van der Waals surface area contributed by atoms with Gasteiger partial charge in [0.25, 0.3) is 0 Å². The molecule has 3 heteroatoms. The summed E-state index contributed by atoms with van der Waals surface area (Å²) in [5, 5.41) is 0. The van der Waals surface area contributed by atoms with Crippen LogP contribution in [0.1, 0.15) is 23.1 Å². The highest BCUT2D eigenvalue weighted by Gasteiger charge is 2.39. The van der Waals surface area contributed by atoms with Gasteiger partial charge in [-0.3, -0.25) is 0 Å². The molecule has 0 saturated carbocycles. The van der Waals surface area contributed by atoms with E-state index in [1.54, 1.807) is 0 Å². The Morgan fingerprint density at radius 3 is 1.69 bits per heavy atom. The van der Waals surface area contributed by atoms with Crippen molar-refractivity contribution in [1.82, 2.24) is 4.90 Å². The zero-order chi connectivity index (χ0) is 21.6. The van der Waals surface area contributed by atoms with Gasteiger partial charge in [0.1, 0.15) is 5.84 Å². The monoisotopic (exact) mass is 420 g/mol. The van der Waals surface area contributed by atoms with Crippen LogP contribution in [0, 0.1) is 0 Å². The quantitative estimate of drug-likeness (QED) is 0.514. The van der Waals surface area contributed by atoms with Crippen molar-refractivity contribution in [1.29, 1.82) is 0 Å². The molecule has 0 atom stereocenters. The minimum Gasteiger partial charge on any atom is -0.378 e. The van der Waals surface area contributed by atoms with Gasteiger partial charge >= 0.3 is 0 Å². The van der Waals surface area contributed by atoms with E-state index in [4.69, 9.17) is 9.73 Å². The minimum atomic E-state index is -0.454. The number of allylic oxidation sites excluding steroid dienone is 2. The summed E-state index contributed by atoms with van der Waals surface area (Å²) in [7, 11) is 0. The van der Waals surface area contributed by atoms with Crippen LogP contribution >= 0.6 is 0 Å². The molecule has 0 aliphatic carbocycles. The van der Waals surface area contributed by atoms with Crippen LogP contribution in [0.25, 0.3) is 0 Å². The lowest BCUT2D eigenvalue weighted by molar-refractivity contribution is 0.0675. The van der Waals surface area contributed by atoms with Crippen molar-refractivity contribution in [2.75, 3.05) is 26.3 Å². The number of nitrogens with zero attached hydrogens (tertiary/aromatic N) is 2. The van der Waals surface area contributed by atoms with Crippen LogP contribution in [0.5, 0.6) is 0 Å². The first-order valence-corrected chi connectivity index (χ1v) is 11.3. The van der Waals surface area contributed by atoms with E-state index in [0.29, 0.717) is 0 Å². The number of hydrogen-bond donors (Lipinski definition) is 0. The number of amidine groups is 1. The maximum absolute atomic E-state index is 5.54. The number of hydrogen-bond acceptors (Lipinski definition) is 3. The van der Waals surface area contributed by atoms with Gasteiger partial charge in [0.15, 0.2) is 0 Å². The van der Waals surface area contributed by atoms with Crippen LogP contribution in [0.15, 0.2) is 120 Å². The van der Waals surface area contributed by atoms with Gasteiger partial charge in [-0.15, -0.1) is 0 Å². The lowest BCUT2D eigenvalue weighted by Crippen LogP contribution is -2.40. The molecule has 5 rings (SSSR count). The van der Waals surface area contributed by atoms with Gasteiger partial charge in [0.2, 0.25) is 0 Å². The predicted octanol–water partition coefficient (Wildman–Crippen LogP) is 5.60. The third-order valence-electron chi connectivity index (χ3n) is 6.38. The molecule has 0 N–H and O–H groups in total. The summed E-state index contributed by atoms with van der Waals surface area (Å²) in [4.78, 5) is 7.38. The van der Waals surface area contributed by atoms with Crippen molar-refractivity contribution in [3.63, 3.8) is 0 Å². The molecular weight excluding hydrogens is 392 g/mol. The van der Waals surface area contributed by atoms with Crippen molar-refractivity contribution in [3.8, 4) is 0 Å². The smallest absolute Gasteiger partial charge is 0.108 e. The molecule has 2 aliphatic heterocycles. The van der Waals surface area contributed by atoms with Crippen LogP contribution < -0.4 is 0 Å². The van der Waals surface area contributed by atoms with Crippen LogP contribution in [-0.2, 0) is 10.2 Å². The number of benzene rings is 3. The summed E-state index contributed by atoms with van der Waals surface area (Å²) in [6.45, 7) is 3.33. The van der Waals surface area contributed by atoms with Gasteiger partial charge in [-0.05, 0) is 22.3 Å². The molecule has 3 aromatic rings. The van der Waals surface area contributed by atoms with Crippen LogP contribution in [-0.4, -0.2) is 37.0 Å². The van der Waals surface area contributed by atoms with Crippen LogP contribution in [0.2, 0.25) is 0 Å². The Kier molecular flexibility index (Phi) is 6.00. The van der Waals surface area contributed by atoms with E-state index in [2.05, 4.69) is 114 Å². The van der Waals surface area contributed by atoms with Gasteiger partial charge < -0.3 is 9.64 Å². The average molecular weight is 421 g/mol. The van der Waals surface area contributed by atoms with E-state index < -0.39 is 5.41 Å². The lowest BCUT2D eigenvalue weighted by atomic mass is 9.65. The van der Waals surface area contributed by atoms with Gasteiger partial charge in [-0.1, -0.05) is 103 Å². The first-order chi connectivity index (χ1) is 15.9. The second kappa shape index (κ2) is 9.37. The number of ether oxygens (including phenoxy) is 1. The van der Waals surface area contributed by atoms with E-state index in [0.717, 1.165) is 38.6 Å². The Bertz CT molecular complexity index is 1010. The number of rotatable bonds is 4. The summed E-state index contributed by atoms with van der Waals surface area (Å²) >= 11 is 0. The Morgan fingerprint density at radius 2 is 1.19 bits per heavy atom. The van der Waals surface area contributed by atoms with E-state index in [1.807, 2.05) is 0 Å². The van der Waals surface area contributed by atoms with E-state index in [9.17, 15) is 0 Å². The standard InChI is InChI=1S/C29H28N2O/c1-4-11-24(12-5-1)29(25-13-6-2-7-14-25,26-15-8-3-9-16-26)27-17-10-18-28(30-23-27)31-19-21-32-22-20-31/h1-17,23H,18-22H2. The highest BCUT2D eigenvalue weighted by atomic mass is 16.5. The summed E-state index contributed by atoms with van der Waals surface area (Å²) in [5.74, 6) is 1.11. The molecule has 3 nitrogen and oxygen atoms in total. The van der Waals surface area contributed by atoms with Crippen molar-refractivity contribution in [3.05, 3.63) is 132 Å². The summed E-state index contributed by atoms with van der Waals surface area (Å²) in [6.07, 6.45) is 7.44. The third kappa shape index (κ3) is 3.80. The second-order valence-electron chi connectivity index (χ2n) is 8.18.